The quantitative estimate of drug-likeness (QED) is 0.593. The van der Waals surface area contributed by atoms with E-state index in [0.29, 0.717) is 18.8 Å². The first-order valence-electron chi connectivity index (χ1n) is 8.59. The molecule has 1 fully saturated rings. The normalized spacial score (nSPS) is 22.2. The molecule has 0 radical (unpaired) electrons. The lowest BCUT2D eigenvalue weighted by molar-refractivity contribution is 0.0283. The van der Waals surface area contributed by atoms with Gasteiger partial charge in [-0.3, -0.25) is 4.99 Å². The molecule has 0 aromatic heterocycles. The summed E-state index contributed by atoms with van der Waals surface area (Å²) >= 11 is 0. The smallest absolute Gasteiger partial charge is 0.191 e. The summed E-state index contributed by atoms with van der Waals surface area (Å²) in [5.41, 5.74) is -0.161. The molecule has 1 saturated heterocycles. The standard InChI is InChI=1S/C18H28FN3O2/c1-4-20-17(22-13-18(3)9-6-10-23-18)21-12-14(2)24-16-8-5-7-15(19)11-16/h5,7-8,11,14H,4,6,9-10,12-13H2,1-3H3,(H2,20,21,22). The van der Waals surface area contributed by atoms with Gasteiger partial charge in [-0.15, -0.1) is 0 Å². The van der Waals surface area contributed by atoms with E-state index in [1.807, 2.05) is 13.8 Å². The van der Waals surface area contributed by atoms with Gasteiger partial charge in [0.2, 0.25) is 0 Å². The minimum absolute atomic E-state index is 0.117. The van der Waals surface area contributed by atoms with Crippen LogP contribution in [0.1, 0.15) is 33.6 Å². The molecule has 0 spiro atoms. The van der Waals surface area contributed by atoms with E-state index >= 15 is 0 Å². The number of benzene rings is 1. The van der Waals surface area contributed by atoms with Gasteiger partial charge >= 0.3 is 0 Å². The Kier molecular flexibility index (Phi) is 6.85. The van der Waals surface area contributed by atoms with Crippen molar-refractivity contribution in [3.63, 3.8) is 0 Å². The van der Waals surface area contributed by atoms with E-state index in [-0.39, 0.29) is 17.5 Å². The second-order valence-electron chi connectivity index (χ2n) is 6.36. The lowest BCUT2D eigenvalue weighted by Gasteiger charge is -2.22. The Balaban J connectivity index is 1.83. The Morgan fingerprint density at radius 3 is 2.96 bits per heavy atom. The Labute approximate surface area is 143 Å². The number of nitrogens with zero attached hydrogens (tertiary/aromatic N) is 1. The van der Waals surface area contributed by atoms with E-state index in [0.717, 1.165) is 32.0 Å². The van der Waals surface area contributed by atoms with Gasteiger partial charge in [-0.2, -0.15) is 0 Å². The summed E-state index contributed by atoms with van der Waals surface area (Å²) in [6.45, 7) is 8.85. The number of rotatable bonds is 7. The lowest BCUT2D eigenvalue weighted by atomic mass is 10.0. The van der Waals surface area contributed by atoms with Crippen LogP contribution in [0.4, 0.5) is 4.39 Å². The van der Waals surface area contributed by atoms with Crippen LogP contribution < -0.4 is 15.4 Å². The van der Waals surface area contributed by atoms with Gasteiger partial charge in [0.05, 0.1) is 18.7 Å². The third kappa shape index (κ3) is 6.00. The fourth-order valence-corrected chi connectivity index (χ4v) is 2.60. The molecule has 0 saturated carbocycles. The van der Waals surface area contributed by atoms with Crippen molar-refractivity contribution in [2.75, 3.05) is 26.2 Å². The number of halogens is 1. The number of hydrogen-bond acceptors (Lipinski definition) is 3. The van der Waals surface area contributed by atoms with Crippen molar-refractivity contribution in [3.05, 3.63) is 30.1 Å². The van der Waals surface area contributed by atoms with Gasteiger partial charge in [-0.05, 0) is 45.7 Å². The van der Waals surface area contributed by atoms with Crippen molar-refractivity contribution in [1.29, 1.82) is 0 Å². The van der Waals surface area contributed by atoms with Gasteiger partial charge in [0.1, 0.15) is 17.7 Å². The fourth-order valence-electron chi connectivity index (χ4n) is 2.60. The maximum Gasteiger partial charge on any atom is 0.191 e. The monoisotopic (exact) mass is 337 g/mol. The average molecular weight is 337 g/mol. The highest BCUT2D eigenvalue weighted by Gasteiger charge is 2.29. The zero-order chi connectivity index (χ0) is 17.4. The number of guanidine groups is 1. The Bertz CT molecular complexity index is 545. The molecule has 2 N–H and O–H groups in total. The molecule has 2 unspecified atom stereocenters. The number of nitrogens with one attached hydrogen (secondary N) is 2. The van der Waals surface area contributed by atoms with E-state index < -0.39 is 0 Å². The number of ether oxygens (including phenoxy) is 2. The maximum absolute atomic E-state index is 13.2. The van der Waals surface area contributed by atoms with Crippen LogP contribution in [0.15, 0.2) is 29.3 Å². The van der Waals surface area contributed by atoms with E-state index in [9.17, 15) is 4.39 Å². The second-order valence-corrected chi connectivity index (χ2v) is 6.36. The Hall–Kier alpha value is -1.82. The predicted octanol–water partition coefficient (Wildman–Crippen LogP) is 2.72. The molecule has 1 aromatic carbocycles. The summed E-state index contributed by atoms with van der Waals surface area (Å²) in [7, 11) is 0. The van der Waals surface area contributed by atoms with Crippen LogP contribution in [0.25, 0.3) is 0 Å². The molecule has 1 heterocycles. The summed E-state index contributed by atoms with van der Waals surface area (Å²) in [5, 5.41) is 6.48. The van der Waals surface area contributed by atoms with Crippen LogP contribution >= 0.6 is 0 Å². The highest BCUT2D eigenvalue weighted by molar-refractivity contribution is 5.79. The number of hydrogen-bond donors (Lipinski definition) is 2. The molecular formula is C18H28FN3O2. The van der Waals surface area contributed by atoms with Crippen molar-refractivity contribution in [2.24, 2.45) is 4.99 Å². The third-order valence-corrected chi connectivity index (χ3v) is 3.91. The molecule has 2 rings (SSSR count). The minimum atomic E-state index is -0.299. The molecule has 1 aliphatic rings. The summed E-state index contributed by atoms with van der Waals surface area (Å²) in [4.78, 5) is 4.61. The Morgan fingerprint density at radius 1 is 1.46 bits per heavy atom. The Morgan fingerprint density at radius 2 is 2.29 bits per heavy atom. The highest BCUT2D eigenvalue weighted by Crippen LogP contribution is 2.25. The van der Waals surface area contributed by atoms with E-state index in [2.05, 4.69) is 22.5 Å². The maximum atomic E-state index is 13.2. The van der Waals surface area contributed by atoms with Crippen LogP contribution in [0.5, 0.6) is 5.75 Å². The van der Waals surface area contributed by atoms with Crippen molar-refractivity contribution < 1.29 is 13.9 Å². The molecule has 24 heavy (non-hydrogen) atoms. The summed E-state index contributed by atoms with van der Waals surface area (Å²) in [6.07, 6.45) is 2.01. The van der Waals surface area contributed by atoms with Crippen LogP contribution in [-0.2, 0) is 4.74 Å². The fraction of sp³-hybridized carbons (Fsp3) is 0.611. The van der Waals surface area contributed by atoms with E-state index in [4.69, 9.17) is 9.47 Å². The van der Waals surface area contributed by atoms with Crippen molar-refractivity contribution >= 4 is 5.96 Å². The van der Waals surface area contributed by atoms with E-state index in [1.54, 1.807) is 12.1 Å². The molecule has 134 valence electrons. The molecule has 0 bridgehead atoms. The largest absolute Gasteiger partial charge is 0.489 e. The van der Waals surface area contributed by atoms with Gasteiger partial charge in [-0.1, -0.05) is 6.07 Å². The van der Waals surface area contributed by atoms with Crippen molar-refractivity contribution in [1.82, 2.24) is 10.6 Å². The average Bonchev–Trinajstić information content (AvgIpc) is 2.97. The van der Waals surface area contributed by atoms with Crippen LogP contribution in [0.3, 0.4) is 0 Å². The molecule has 0 aliphatic carbocycles. The first-order valence-corrected chi connectivity index (χ1v) is 8.59. The van der Waals surface area contributed by atoms with Gasteiger partial charge < -0.3 is 20.1 Å². The molecule has 1 aliphatic heterocycles. The van der Waals surface area contributed by atoms with Crippen LogP contribution in [-0.4, -0.2) is 43.9 Å². The lowest BCUT2D eigenvalue weighted by Crippen LogP contribution is -2.43. The van der Waals surface area contributed by atoms with Gasteiger partial charge in [-0.25, -0.2) is 4.39 Å². The minimum Gasteiger partial charge on any atom is -0.489 e. The third-order valence-electron chi connectivity index (χ3n) is 3.91. The number of aliphatic imine (C=N–C) groups is 1. The van der Waals surface area contributed by atoms with E-state index in [1.165, 1.54) is 12.1 Å². The van der Waals surface area contributed by atoms with Crippen LogP contribution in [0, 0.1) is 5.82 Å². The predicted molar refractivity (Wildman–Crippen MR) is 94.1 cm³/mol. The molecular weight excluding hydrogens is 309 g/mol. The van der Waals surface area contributed by atoms with Crippen molar-refractivity contribution in [3.8, 4) is 5.75 Å². The first-order chi connectivity index (χ1) is 11.5. The molecule has 2 atom stereocenters. The van der Waals surface area contributed by atoms with Gasteiger partial charge in [0.15, 0.2) is 5.96 Å². The zero-order valence-corrected chi connectivity index (χ0v) is 14.8. The van der Waals surface area contributed by atoms with Crippen LogP contribution in [0.2, 0.25) is 0 Å². The SMILES string of the molecule is CCNC(=NCC1(C)CCCO1)NCC(C)Oc1cccc(F)c1. The second kappa shape index (κ2) is 8.87. The molecule has 6 heteroatoms. The molecule has 0 amide bonds. The van der Waals surface area contributed by atoms with Gasteiger partial charge in [0.25, 0.3) is 0 Å². The van der Waals surface area contributed by atoms with Crippen molar-refractivity contribution in [2.45, 2.75) is 45.3 Å². The zero-order valence-electron chi connectivity index (χ0n) is 14.8. The highest BCUT2D eigenvalue weighted by atomic mass is 19.1. The molecule has 1 aromatic rings. The first kappa shape index (κ1) is 18.5. The van der Waals surface area contributed by atoms with Gasteiger partial charge in [0, 0.05) is 19.2 Å². The summed E-state index contributed by atoms with van der Waals surface area (Å²) in [6, 6.07) is 6.17. The summed E-state index contributed by atoms with van der Waals surface area (Å²) < 4.78 is 24.7. The topological polar surface area (TPSA) is 54.9 Å². The molecule has 5 nitrogen and oxygen atoms in total. The summed E-state index contributed by atoms with van der Waals surface area (Å²) in [5.74, 6) is 0.967.